The van der Waals surface area contributed by atoms with Crippen molar-refractivity contribution in [2.75, 3.05) is 5.32 Å². The summed E-state index contributed by atoms with van der Waals surface area (Å²) in [6.45, 7) is 0. The van der Waals surface area contributed by atoms with Crippen LogP contribution in [-0.4, -0.2) is 17.6 Å². The number of ketones is 1. The second-order valence-electron chi connectivity index (χ2n) is 6.99. The summed E-state index contributed by atoms with van der Waals surface area (Å²) in [5.74, 6) is -1.30. The summed E-state index contributed by atoms with van der Waals surface area (Å²) < 4.78 is 0. The van der Waals surface area contributed by atoms with Gasteiger partial charge in [-0.05, 0) is 30.0 Å². The molecule has 0 aromatic heterocycles. The molecule has 5 heteroatoms. The molecule has 0 saturated heterocycles. The van der Waals surface area contributed by atoms with E-state index in [2.05, 4.69) is 10.6 Å². The summed E-state index contributed by atoms with van der Waals surface area (Å²) in [5.41, 5.74) is 2.79. The third-order valence-electron chi connectivity index (χ3n) is 5.16. The minimum Gasteiger partial charge on any atom is -0.329 e. The summed E-state index contributed by atoms with van der Waals surface area (Å²) in [6, 6.07) is 18.9. The topological polar surface area (TPSA) is 75.3 Å². The highest BCUT2D eigenvalue weighted by Gasteiger charge is 2.40. The predicted octanol–water partition coefficient (Wildman–Crippen LogP) is 3.16. The monoisotopic (exact) mass is 360 g/mol. The van der Waals surface area contributed by atoms with E-state index < -0.39 is 5.92 Å². The number of Topliss-reactive ketones (excluding diaryl/α,β-unsaturated/α-hetero) is 1. The fraction of sp³-hybridized carbons (Fsp3) is 0.227. The number of nitrogens with one attached hydrogen (secondary N) is 2. The van der Waals surface area contributed by atoms with Crippen LogP contribution in [0.25, 0.3) is 0 Å². The highest BCUT2D eigenvalue weighted by atomic mass is 16.2. The fourth-order valence-corrected chi connectivity index (χ4v) is 3.90. The van der Waals surface area contributed by atoms with Gasteiger partial charge in [-0.1, -0.05) is 48.5 Å². The molecule has 2 aliphatic rings. The van der Waals surface area contributed by atoms with Crippen LogP contribution in [0.1, 0.15) is 30.7 Å². The molecule has 5 nitrogen and oxygen atoms in total. The first-order chi connectivity index (χ1) is 13.1. The van der Waals surface area contributed by atoms with Gasteiger partial charge >= 0.3 is 0 Å². The minimum atomic E-state index is -0.738. The normalized spacial score (nSPS) is 22.1. The Morgan fingerprint density at radius 3 is 2.26 bits per heavy atom. The molecule has 2 amide bonds. The first kappa shape index (κ1) is 17.2. The number of carbonyl (C=O) groups is 3. The molecular formula is C22H20N2O3. The number of anilines is 1. The summed E-state index contributed by atoms with van der Waals surface area (Å²) in [4.78, 5) is 37.9. The molecule has 0 spiro atoms. The van der Waals surface area contributed by atoms with Crippen molar-refractivity contribution in [2.45, 2.75) is 25.2 Å². The number of benzene rings is 2. The summed E-state index contributed by atoms with van der Waals surface area (Å²) >= 11 is 0. The molecule has 1 aliphatic heterocycles. The molecule has 2 aromatic carbocycles. The third-order valence-corrected chi connectivity index (χ3v) is 5.16. The van der Waals surface area contributed by atoms with Gasteiger partial charge in [0.15, 0.2) is 5.78 Å². The molecule has 27 heavy (non-hydrogen) atoms. The molecule has 0 unspecified atom stereocenters. The van der Waals surface area contributed by atoms with E-state index in [0.717, 1.165) is 5.56 Å². The van der Waals surface area contributed by atoms with Gasteiger partial charge in [0.2, 0.25) is 11.8 Å². The number of hydrogen-bond acceptors (Lipinski definition) is 3. The highest BCUT2D eigenvalue weighted by Crippen LogP contribution is 2.39. The van der Waals surface area contributed by atoms with Crippen molar-refractivity contribution in [3.05, 3.63) is 77.5 Å². The van der Waals surface area contributed by atoms with Crippen LogP contribution in [0.5, 0.6) is 0 Å². The van der Waals surface area contributed by atoms with E-state index >= 15 is 0 Å². The smallest absolute Gasteiger partial charge is 0.232 e. The number of allylic oxidation sites excluding steroid dienone is 1. The molecule has 136 valence electrons. The van der Waals surface area contributed by atoms with Crippen molar-refractivity contribution < 1.29 is 14.4 Å². The Kier molecular flexibility index (Phi) is 4.59. The Balaban J connectivity index is 1.61. The molecular weight excluding hydrogens is 340 g/mol. The lowest BCUT2D eigenvalue weighted by atomic mass is 9.75. The van der Waals surface area contributed by atoms with Crippen molar-refractivity contribution in [3.8, 4) is 0 Å². The first-order valence-electron chi connectivity index (χ1n) is 9.09. The molecule has 0 radical (unpaired) electrons. The third kappa shape index (κ3) is 3.53. The second kappa shape index (κ2) is 7.19. The van der Waals surface area contributed by atoms with Gasteiger partial charge in [-0.15, -0.1) is 0 Å². The van der Waals surface area contributed by atoms with Gasteiger partial charge in [0.1, 0.15) is 0 Å². The fourth-order valence-electron chi connectivity index (χ4n) is 3.90. The molecule has 0 fully saturated rings. The molecule has 2 aromatic rings. The Labute approximate surface area is 157 Å². The summed E-state index contributed by atoms with van der Waals surface area (Å²) in [6.07, 6.45) is 0.916. The van der Waals surface area contributed by atoms with E-state index in [1.54, 1.807) is 12.1 Å². The van der Waals surface area contributed by atoms with Crippen LogP contribution < -0.4 is 10.6 Å². The maximum Gasteiger partial charge on any atom is 0.232 e. The molecule has 4 rings (SSSR count). The zero-order valence-electron chi connectivity index (χ0n) is 14.8. The van der Waals surface area contributed by atoms with Crippen molar-refractivity contribution in [2.24, 2.45) is 5.92 Å². The first-order valence-corrected chi connectivity index (χ1v) is 9.09. The van der Waals surface area contributed by atoms with E-state index in [9.17, 15) is 14.4 Å². The number of carbonyl (C=O) groups excluding carboxylic acids is 3. The summed E-state index contributed by atoms with van der Waals surface area (Å²) in [7, 11) is 0. The van der Waals surface area contributed by atoms with E-state index in [0.29, 0.717) is 29.8 Å². The van der Waals surface area contributed by atoms with Crippen molar-refractivity contribution in [3.63, 3.8) is 0 Å². The average molecular weight is 360 g/mol. The van der Waals surface area contributed by atoms with Crippen molar-refractivity contribution in [1.82, 2.24) is 5.32 Å². The number of hydrogen-bond donors (Lipinski definition) is 2. The van der Waals surface area contributed by atoms with Crippen molar-refractivity contribution >= 4 is 23.3 Å². The molecule has 0 saturated carbocycles. The van der Waals surface area contributed by atoms with Crippen LogP contribution in [0.15, 0.2) is 71.9 Å². The Bertz CT molecular complexity index is 919. The SMILES string of the molecule is O=C1C[C@@H](C(=O)Nc2ccccc2)C2=C(C[C@@H](c3ccccc3)CC2=O)N1. The standard InChI is InChI=1S/C22H20N2O3/c25-19-12-15(14-7-3-1-4-8-14)11-18-21(19)17(13-20(26)24-18)22(27)23-16-9-5-2-6-10-16/h1-10,15,17H,11-13H2,(H,23,27)(H,24,26)/t15-,17-/m1/s1. The van der Waals surface area contributed by atoms with Gasteiger partial charge in [0.05, 0.1) is 5.92 Å². The highest BCUT2D eigenvalue weighted by molar-refractivity contribution is 6.09. The lowest BCUT2D eigenvalue weighted by molar-refractivity contribution is -0.129. The van der Waals surface area contributed by atoms with E-state index in [1.165, 1.54) is 0 Å². The Morgan fingerprint density at radius 2 is 1.56 bits per heavy atom. The second-order valence-corrected chi connectivity index (χ2v) is 6.99. The number of rotatable bonds is 3. The van der Waals surface area contributed by atoms with E-state index in [1.807, 2.05) is 48.5 Å². The predicted molar refractivity (Wildman–Crippen MR) is 102 cm³/mol. The number of para-hydroxylation sites is 1. The largest absolute Gasteiger partial charge is 0.329 e. The van der Waals surface area contributed by atoms with Crippen LogP contribution in [0, 0.1) is 5.92 Å². The molecule has 1 aliphatic carbocycles. The van der Waals surface area contributed by atoms with E-state index in [4.69, 9.17) is 0 Å². The van der Waals surface area contributed by atoms with Crippen molar-refractivity contribution in [1.29, 1.82) is 0 Å². The van der Waals surface area contributed by atoms with Gasteiger partial charge < -0.3 is 10.6 Å². The van der Waals surface area contributed by atoms with E-state index in [-0.39, 0.29) is 29.9 Å². The van der Waals surface area contributed by atoms with Gasteiger partial charge in [0, 0.05) is 29.8 Å². The van der Waals surface area contributed by atoms with Crippen LogP contribution in [0.2, 0.25) is 0 Å². The lowest BCUT2D eigenvalue weighted by Crippen LogP contribution is -2.43. The average Bonchev–Trinajstić information content (AvgIpc) is 2.68. The zero-order valence-corrected chi connectivity index (χ0v) is 14.8. The molecule has 0 bridgehead atoms. The van der Waals surface area contributed by atoms with Gasteiger partial charge in [-0.2, -0.15) is 0 Å². The zero-order chi connectivity index (χ0) is 18.8. The molecule has 2 N–H and O–H groups in total. The number of amides is 2. The van der Waals surface area contributed by atoms with Crippen LogP contribution in [0.4, 0.5) is 5.69 Å². The maximum atomic E-state index is 12.9. The molecule has 1 heterocycles. The summed E-state index contributed by atoms with van der Waals surface area (Å²) in [5, 5.41) is 5.66. The Hall–Kier alpha value is -3.21. The van der Waals surface area contributed by atoms with Crippen LogP contribution in [-0.2, 0) is 14.4 Å². The van der Waals surface area contributed by atoms with Crippen LogP contribution in [0.3, 0.4) is 0 Å². The lowest BCUT2D eigenvalue weighted by Gasteiger charge is -2.33. The van der Waals surface area contributed by atoms with Gasteiger partial charge in [0.25, 0.3) is 0 Å². The van der Waals surface area contributed by atoms with Gasteiger partial charge in [-0.3, -0.25) is 14.4 Å². The maximum absolute atomic E-state index is 12.9. The molecule has 2 atom stereocenters. The minimum absolute atomic E-state index is 0.000750. The van der Waals surface area contributed by atoms with Gasteiger partial charge in [-0.25, -0.2) is 0 Å². The van der Waals surface area contributed by atoms with Crippen LogP contribution >= 0.6 is 0 Å². The quantitative estimate of drug-likeness (QED) is 0.883. The Morgan fingerprint density at radius 1 is 0.889 bits per heavy atom.